The molecular weight excluding hydrogens is 240 g/mol. The first-order valence-electron chi connectivity index (χ1n) is 6.58. The number of likely N-dealkylation sites (N-methyl/N-ethyl adjacent to an activating group) is 1. The number of nitrogens with one attached hydrogen (secondary N) is 1. The summed E-state index contributed by atoms with van der Waals surface area (Å²) in [5, 5.41) is 3.05. The Bertz CT molecular complexity index is 472. The second-order valence-corrected chi connectivity index (χ2v) is 5.63. The van der Waals surface area contributed by atoms with Gasteiger partial charge in [-0.2, -0.15) is 0 Å². The van der Waals surface area contributed by atoms with E-state index in [1.807, 2.05) is 18.0 Å². The molecule has 0 aliphatic carbocycles. The van der Waals surface area contributed by atoms with Gasteiger partial charge in [0.2, 0.25) is 0 Å². The van der Waals surface area contributed by atoms with Gasteiger partial charge < -0.3 is 10.2 Å². The summed E-state index contributed by atoms with van der Waals surface area (Å²) in [4.78, 5) is 20.9. The van der Waals surface area contributed by atoms with E-state index in [-0.39, 0.29) is 11.4 Å². The highest BCUT2D eigenvalue weighted by molar-refractivity contribution is 5.99. The predicted octanol–water partition coefficient (Wildman–Crippen LogP) is 1.29. The summed E-state index contributed by atoms with van der Waals surface area (Å²) in [6.07, 6.45) is 3.33. The lowest BCUT2D eigenvalue weighted by molar-refractivity contribution is 0.0312. The minimum absolute atomic E-state index is 0.00985. The van der Waals surface area contributed by atoms with Crippen molar-refractivity contribution >= 4 is 11.6 Å². The van der Waals surface area contributed by atoms with Gasteiger partial charge in [-0.3, -0.25) is 14.7 Å². The highest BCUT2D eigenvalue weighted by Gasteiger charge is 2.34. The lowest BCUT2D eigenvalue weighted by atomic mass is 9.99. The maximum absolute atomic E-state index is 12.6. The number of piperazine rings is 1. The van der Waals surface area contributed by atoms with Crippen LogP contribution in [0, 0.1) is 0 Å². The molecule has 5 heteroatoms. The molecule has 0 atom stereocenters. The highest BCUT2D eigenvalue weighted by atomic mass is 16.2. The van der Waals surface area contributed by atoms with Gasteiger partial charge in [0.05, 0.1) is 5.56 Å². The Labute approximate surface area is 114 Å². The molecule has 0 spiro atoms. The summed E-state index contributed by atoms with van der Waals surface area (Å²) < 4.78 is 0. The van der Waals surface area contributed by atoms with E-state index in [1.165, 1.54) is 0 Å². The van der Waals surface area contributed by atoms with Crippen molar-refractivity contribution in [3.05, 3.63) is 24.0 Å². The van der Waals surface area contributed by atoms with Crippen LogP contribution in [-0.4, -0.2) is 60.0 Å². The summed E-state index contributed by atoms with van der Waals surface area (Å²) >= 11 is 0. The first-order chi connectivity index (χ1) is 8.95. The Kier molecular flexibility index (Phi) is 3.75. The normalized spacial score (nSPS) is 19.3. The van der Waals surface area contributed by atoms with Gasteiger partial charge in [-0.05, 0) is 27.0 Å². The average molecular weight is 262 g/mol. The molecule has 5 nitrogen and oxygen atoms in total. The van der Waals surface area contributed by atoms with Crippen molar-refractivity contribution in [1.82, 2.24) is 14.8 Å². The monoisotopic (exact) mass is 262 g/mol. The maximum atomic E-state index is 12.6. The van der Waals surface area contributed by atoms with Crippen LogP contribution >= 0.6 is 0 Å². The molecule has 1 aromatic rings. The molecule has 0 unspecified atom stereocenters. The average Bonchev–Trinajstić information content (AvgIpc) is 2.41. The summed E-state index contributed by atoms with van der Waals surface area (Å²) in [7, 11) is 3.92. The van der Waals surface area contributed by atoms with Crippen LogP contribution in [0.1, 0.15) is 24.2 Å². The van der Waals surface area contributed by atoms with Crippen LogP contribution in [0.3, 0.4) is 0 Å². The number of hydrogen-bond acceptors (Lipinski definition) is 4. The molecule has 1 aromatic heterocycles. The molecule has 1 fully saturated rings. The van der Waals surface area contributed by atoms with E-state index in [0.29, 0.717) is 5.56 Å². The van der Waals surface area contributed by atoms with Gasteiger partial charge in [-0.1, -0.05) is 0 Å². The number of carbonyl (C=O) groups is 1. The summed E-state index contributed by atoms with van der Waals surface area (Å²) in [6, 6.07) is 1.83. The quantitative estimate of drug-likeness (QED) is 0.872. The lowest BCUT2D eigenvalue weighted by Gasteiger charge is -2.45. The van der Waals surface area contributed by atoms with Gasteiger partial charge in [0.15, 0.2) is 0 Å². The number of hydrogen-bond donors (Lipinski definition) is 1. The predicted molar refractivity (Wildman–Crippen MR) is 76.4 cm³/mol. The number of nitrogens with zero attached hydrogens (tertiary/aromatic N) is 3. The minimum atomic E-state index is 0.00985. The van der Waals surface area contributed by atoms with E-state index < -0.39 is 0 Å². The van der Waals surface area contributed by atoms with Gasteiger partial charge in [0, 0.05) is 50.3 Å². The molecule has 2 rings (SSSR count). The van der Waals surface area contributed by atoms with E-state index in [4.69, 9.17) is 0 Å². The number of aromatic nitrogens is 1. The second-order valence-electron chi connectivity index (χ2n) is 5.63. The smallest absolute Gasteiger partial charge is 0.257 e. The Morgan fingerprint density at radius 1 is 1.42 bits per heavy atom. The molecule has 0 saturated carbocycles. The molecule has 1 aliphatic heterocycles. The second kappa shape index (κ2) is 5.17. The number of anilines is 1. The standard InChI is InChI=1S/C14H22N4O/c1-14(2)10-18(8-7-17(14)4)13(19)11-9-16-6-5-12(11)15-3/h5-6,9H,7-8,10H2,1-4H3,(H,15,16). The fourth-order valence-corrected chi connectivity index (χ4v) is 2.37. The molecule has 104 valence electrons. The fourth-order valence-electron chi connectivity index (χ4n) is 2.37. The zero-order valence-corrected chi connectivity index (χ0v) is 12.1. The molecule has 1 N–H and O–H groups in total. The van der Waals surface area contributed by atoms with E-state index in [2.05, 4.69) is 36.1 Å². The van der Waals surface area contributed by atoms with Crippen LogP contribution in [-0.2, 0) is 0 Å². The zero-order valence-electron chi connectivity index (χ0n) is 12.1. The van der Waals surface area contributed by atoms with Gasteiger partial charge >= 0.3 is 0 Å². The molecule has 0 bridgehead atoms. The van der Waals surface area contributed by atoms with Crippen molar-refractivity contribution in [2.45, 2.75) is 19.4 Å². The Morgan fingerprint density at radius 3 is 2.79 bits per heavy atom. The molecule has 0 aromatic carbocycles. The summed E-state index contributed by atoms with van der Waals surface area (Å²) in [5.74, 6) is 0.0543. The van der Waals surface area contributed by atoms with Gasteiger partial charge in [0.1, 0.15) is 0 Å². The van der Waals surface area contributed by atoms with Crippen LogP contribution in [0.15, 0.2) is 18.5 Å². The Hall–Kier alpha value is -1.62. The Morgan fingerprint density at radius 2 is 2.16 bits per heavy atom. The van der Waals surface area contributed by atoms with Crippen molar-refractivity contribution in [3.8, 4) is 0 Å². The number of carbonyl (C=O) groups excluding carboxylic acids is 1. The SMILES string of the molecule is CNc1ccncc1C(=O)N1CCN(C)C(C)(C)C1. The number of rotatable bonds is 2. The topological polar surface area (TPSA) is 48.5 Å². The highest BCUT2D eigenvalue weighted by Crippen LogP contribution is 2.22. The molecule has 2 heterocycles. The van der Waals surface area contributed by atoms with Gasteiger partial charge in [0.25, 0.3) is 5.91 Å². The van der Waals surface area contributed by atoms with Crippen LogP contribution in [0.5, 0.6) is 0 Å². The number of pyridine rings is 1. The van der Waals surface area contributed by atoms with Crippen molar-refractivity contribution in [1.29, 1.82) is 0 Å². The van der Waals surface area contributed by atoms with Crippen molar-refractivity contribution in [2.75, 3.05) is 39.0 Å². The molecule has 1 aliphatic rings. The van der Waals surface area contributed by atoms with Gasteiger partial charge in [-0.15, -0.1) is 0 Å². The maximum Gasteiger partial charge on any atom is 0.257 e. The fraction of sp³-hybridized carbons (Fsp3) is 0.571. The third-order valence-electron chi connectivity index (χ3n) is 3.92. The van der Waals surface area contributed by atoms with Crippen LogP contribution in [0.25, 0.3) is 0 Å². The minimum Gasteiger partial charge on any atom is -0.387 e. The molecule has 1 amide bonds. The summed E-state index contributed by atoms with van der Waals surface area (Å²) in [5.41, 5.74) is 1.48. The van der Waals surface area contributed by atoms with E-state index in [0.717, 1.165) is 25.3 Å². The molecule has 1 saturated heterocycles. The Balaban J connectivity index is 2.21. The first-order valence-corrected chi connectivity index (χ1v) is 6.58. The largest absolute Gasteiger partial charge is 0.387 e. The van der Waals surface area contributed by atoms with E-state index >= 15 is 0 Å². The summed E-state index contributed by atoms with van der Waals surface area (Å²) in [6.45, 7) is 6.72. The molecule has 19 heavy (non-hydrogen) atoms. The van der Waals surface area contributed by atoms with Crippen LogP contribution in [0.2, 0.25) is 0 Å². The first kappa shape index (κ1) is 13.8. The van der Waals surface area contributed by atoms with E-state index in [1.54, 1.807) is 12.4 Å². The zero-order chi connectivity index (χ0) is 14.0. The van der Waals surface area contributed by atoms with Crippen molar-refractivity contribution in [2.24, 2.45) is 0 Å². The van der Waals surface area contributed by atoms with Crippen LogP contribution in [0.4, 0.5) is 5.69 Å². The number of amides is 1. The van der Waals surface area contributed by atoms with Crippen LogP contribution < -0.4 is 5.32 Å². The lowest BCUT2D eigenvalue weighted by Crippen LogP contribution is -2.58. The van der Waals surface area contributed by atoms with Gasteiger partial charge in [-0.25, -0.2) is 0 Å². The third-order valence-corrected chi connectivity index (χ3v) is 3.92. The van der Waals surface area contributed by atoms with Crippen molar-refractivity contribution < 1.29 is 4.79 Å². The molecular formula is C14H22N4O. The van der Waals surface area contributed by atoms with E-state index in [9.17, 15) is 4.79 Å². The third kappa shape index (κ3) is 2.71. The molecule has 0 radical (unpaired) electrons. The van der Waals surface area contributed by atoms with Crippen molar-refractivity contribution in [3.63, 3.8) is 0 Å².